The lowest BCUT2D eigenvalue weighted by atomic mass is 10.3. The Morgan fingerprint density at radius 2 is 1.88 bits per heavy atom. The molecule has 0 aliphatic rings. The minimum absolute atomic E-state index is 0.0930. The van der Waals surface area contributed by atoms with Crippen LogP contribution in [-0.2, 0) is 14.3 Å². The maximum Gasteiger partial charge on any atom is 0.306 e. The highest BCUT2D eigenvalue weighted by molar-refractivity contribution is 5.81. The van der Waals surface area contributed by atoms with E-state index < -0.39 is 0 Å². The van der Waals surface area contributed by atoms with Crippen molar-refractivity contribution >= 4 is 11.9 Å². The van der Waals surface area contributed by atoms with Gasteiger partial charge in [-0.25, -0.2) is 0 Å². The van der Waals surface area contributed by atoms with Crippen LogP contribution in [-0.4, -0.2) is 38.1 Å². The molecule has 94 valence electrons. The molecule has 5 nitrogen and oxygen atoms in total. The quantitative estimate of drug-likeness (QED) is 0.445. The summed E-state index contributed by atoms with van der Waals surface area (Å²) in [6.45, 7) is 6.64. The number of nitrogens with one attached hydrogen (secondary N) is 2. The Bertz CT molecular complexity index is 207. The molecule has 0 aromatic heterocycles. The minimum Gasteiger partial charge on any atom is -0.466 e. The van der Waals surface area contributed by atoms with Gasteiger partial charge < -0.3 is 15.4 Å². The van der Waals surface area contributed by atoms with E-state index in [0.29, 0.717) is 13.2 Å². The van der Waals surface area contributed by atoms with Gasteiger partial charge in [0.1, 0.15) is 0 Å². The third-order valence-electron chi connectivity index (χ3n) is 1.96. The van der Waals surface area contributed by atoms with Gasteiger partial charge in [0.15, 0.2) is 0 Å². The molecule has 0 atom stereocenters. The maximum atomic E-state index is 11.2. The summed E-state index contributed by atoms with van der Waals surface area (Å²) >= 11 is 0. The molecule has 0 aliphatic carbocycles. The highest BCUT2D eigenvalue weighted by atomic mass is 16.5. The Hall–Kier alpha value is -1.10. The van der Waals surface area contributed by atoms with Crippen LogP contribution in [0.2, 0.25) is 0 Å². The third kappa shape index (κ3) is 9.45. The lowest BCUT2D eigenvalue weighted by Gasteiger charge is -2.05. The number of carbonyl (C=O) groups is 2. The number of amides is 1. The van der Waals surface area contributed by atoms with Gasteiger partial charge in [-0.2, -0.15) is 0 Å². The van der Waals surface area contributed by atoms with Crippen LogP contribution >= 0.6 is 0 Å². The summed E-state index contributed by atoms with van der Waals surface area (Å²) in [4.78, 5) is 22.2. The third-order valence-corrected chi connectivity index (χ3v) is 1.96. The average molecular weight is 230 g/mol. The first-order valence-corrected chi connectivity index (χ1v) is 5.83. The SMILES string of the molecule is CCNCCCNC(=O)CCC(=O)OCC. The zero-order valence-electron chi connectivity index (χ0n) is 10.2. The number of hydrogen-bond donors (Lipinski definition) is 2. The Labute approximate surface area is 96.9 Å². The van der Waals surface area contributed by atoms with Gasteiger partial charge in [0.25, 0.3) is 0 Å². The second-order valence-corrected chi connectivity index (χ2v) is 3.36. The predicted molar refractivity (Wildman–Crippen MR) is 62.0 cm³/mol. The summed E-state index contributed by atoms with van der Waals surface area (Å²) in [5.74, 6) is -0.408. The first kappa shape index (κ1) is 14.9. The van der Waals surface area contributed by atoms with Crippen LogP contribution in [0.15, 0.2) is 0 Å². The summed E-state index contributed by atoms with van der Waals surface area (Å²) in [6.07, 6.45) is 1.27. The van der Waals surface area contributed by atoms with Gasteiger partial charge in [-0.05, 0) is 26.4 Å². The molecular formula is C11H22N2O3. The molecule has 0 aliphatic heterocycles. The minimum atomic E-state index is -0.315. The van der Waals surface area contributed by atoms with Crippen molar-refractivity contribution in [3.05, 3.63) is 0 Å². The van der Waals surface area contributed by atoms with Crippen molar-refractivity contribution in [1.29, 1.82) is 0 Å². The monoisotopic (exact) mass is 230 g/mol. The van der Waals surface area contributed by atoms with Crippen molar-refractivity contribution in [2.24, 2.45) is 0 Å². The van der Waals surface area contributed by atoms with E-state index in [1.807, 2.05) is 6.92 Å². The van der Waals surface area contributed by atoms with Crippen molar-refractivity contribution in [2.45, 2.75) is 33.1 Å². The molecule has 0 radical (unpaired) electrons. The maximum absolute atomic E-state index is 11.2. The lowest BCUT2D eigenvalue weighted by molar-refractivity contribution is -0.144. The first-order valence-electron chi connectivity index (χ1n) is 5.83. The molecule has 0 saturated heterocycles. The van der Waals surface area contributed by atoms with Crippen molar-refractivity contribution in [3.8, 4) is 0 Å². The Kier molecular flexibility index (Phi) is 9.70. The number of rotatable bonds is 9. The molecule has 0 spiro atoms. The topological polar surface area (TPSA) is 67.4 Å². The van der Waals surface area contributed by atoms with Crippen molar-refractivity contribution in [1.82, 2.24) is 10.6 Å². The highest BCUT2D eigenvalue weighted by Crippen LogP contribution is 1.92. The Morgan fingerprint density at radius 1 is 1.12 bits per heavy atom. The van der Waals surface area contributed by atoms with Gasteiger partial charge in [-0.3, -0.25) is 9.59 Å². The predicted octanol–water partition coefficient (Wildman–Crippen LogP) is 0.445. The van der Waals surface area contributed by atoms with E-state index in [1.54, 1.807) is 6.92 Å². The van der Waals surface area contributed by atoms with E-state index in [4.69, 9.17) is 4.74 Å². The molecule has 16 heavy (non-hydrogen) atoms. The number of esters is 1. The molecule has 0 heterocycles. The number of carbonyl (C=O) groups excluding carboxylic acids is 2. The van der Waals surface area contributed by atoms with Gasteiger partial charge in [0.05, 0.1) is 13.0 Å². The van der Waals surface area contributed by atoms with E-state index in [1.165, 1.54) is 0 Å². The molecule has 0 aromatic carbocycles. The molecule has 0 saturated carbocycles. The molecule has 0 fully saturated rings. The van der Waals surface area contributed by atoms with Gasteiger partial charge in [-0.15, -0.1) is 0 Å². The fraction of sp³-hybridized carbons (Fsp3) is 0.818. The summed E-state index contributed by atoms with van der Waals surface area (Å²) in [5.41, 5.74) is 0. The Morgan fingerprint density at radius 3 is 2.50 bits per heavy atom. The number of ether oxygens (including phenoxy) is 1. The van der Waals surface area contributed by atoms with Crippen molar-refractivity contribution in [3.63, 3.8) is 0 Å². The van der Waals surface area contributed by atoms with Crippen molar-refractivity contribution < 1.29 is 14.3 Å². The second kappa shape index (κ2) is 10.4. The number of hydrogen-bond acceptors (Lipinski definition) is 4. The fourth-order valence-electron chi connectivity index (χ4n) is 1.16. The highest BCUT2D eigenvalue weighted by Gasteiger charge is 2.06. The average Bonchev–Trinajstić information content (AvgIpc) is 2.26. The van der Waals surface area contributed by atoms with Crippen LogP contribution in [0.25, 0.3) is 0 Å². The molecule has 0 rings (SSSR count). The van der Waals surface area contributed by atoms with Gasteiger partial charge >= 0.3 is 5.97 Å². The molecule has 0 bridgehead atoms. The van der Waals surface area contributed by atoms with Crippen LogP contribution in [0.3, 0.4) is 0 Å². The molecule has 5 heteroatoms. The zero-order chi connectivity index (χ0) is 12.2. The molecule has 1 amide bonds. The van der Waals surface area contributed by atoms with Gasteiger partial charge in [0, 0.05) is 13.0 Å². The van der Waals surface area contributed by atoms with E-state index in [-0.39, 0.29) is 24.7 Å². The van der Waals surface area contributed by atoms with Crippen LogP contribution in [0.1, 0.15) is 33.1 Å². The van der Waals surface area contributed by atoms with Crippen LogP contribution in [0.5, 0.6) is 0 Å². The first-order chi connectivity index (χ1) is 7.70. The zero-order valence-corrected chi connectivity index (χ0v) is 10.2. The Balaban J connectivity index is 3.34. The lowest BCUT2D eigenvalue weighted by Crippen LogP contribution is -2.27. The summed E-state index contributed by atoms with van der Waals surface area (Å²) < 4.78 is 4.72. The van der Waals surface area contributed by atoms with Crippen LogP contribution < -0.4 is 10.6 Å². The molecule has 0 unspecified atom stereocenters. The molecule has 0 aromatic rings. The summed E-state index contributed by atoms with van der Waals surface area (Å²) in [5, 5.41) is 5.92. The molecular weight excluding hydrogens is 208 g/mol. The standard InChI is InChI=1S/C11H22N2O3/c1-3-12-8-5-9-13-10(14)6-7-11(15)16-4-2/h12H,3-9H2,1-2H3,(H,13,14). The fourth-order valence-corrected chi connectivity index (χ4v) is 1.16. The van der Waals surface area contributed by atoms with Crippen LogP contribution in [0, 0.1) is 0 Å². The van der Waals surface area contributed by atoms with E-state index >= 15 is 0 Å². The van der Waals surface area contributed by atoms with E-state index in [2.05, 4.69) is 10.6 Å². The normalized spacial score (nSPS) is 9.88. The summed E-state index contributed by atoms with van der Waals surface area (Å²) in [7, 11) is 0. The van der Waals surface area contributed by atoms with E-state index in [0.717, 1.165) is 19.5 Å². The largest absolute Gasteiger partial charge is 0.466 e. The van der Waals surface area contributed by atoms with Gasteiger partial charge in [0.2, 0.25) is 5.91 Å². The van der Waals surface area contributed by atoms with Crippen LogP contribution in [0.4, 0.5) is 0 Å². The smallest absolute Gasteiger partial charge is 0.306 e. The van der Waals surface area contributed by atoms with E-state index in [9.17, 15) is 9.59 Å². The van der Waals surface area contributed by atoms with Crippen molar-refractivity contribution in [2.75, 3.05) is 26.2 Å². The molecule has 2 N–H and O–H groups in total. The summed E-state index contributed by atoms with van der Waals surface area (Å²) in [6, 6.07) is 0. The second-order valence-electron chi connectivity index (χ2n) is 3.36. The van der Waals surface area contributed by atoms with Gasteiger partial charge in [-0.1, -0.05) is 6.92 Å².